The number of carbonyl (C=O) groups is 1. The molecule has 0 unspecified atom stereocenters. The van der Waals surface area contributed by atoms with Crippen LogP contribution in [-0.2, 0) is 11.3 Å². The van der Waals surface area contributed by atoms with Gasteiger partial charge in [-0.15, -0.1) is 0 Å². The van der Waals surface area contributed by atoms with Gasteiger partial charge in [0.15, 0.2) is 5.13 Å². The topological polar surface area (TPSA) is 69.5 Å². The van der Waals surface area contributed by atoms with Gasteiger partial charge in [-0.3, -0.25) is 9.69 Å². The van der Waals surface area contributed by atoms with Gasteiger partial charge in [0, 0.05) is 36.6 Å². The van der Waals surface area contributed by atoms with E-state index in [-0.39, 0.29) is 5.91 Å². The second kappa shape index (κ2) is 10.1. The Morgan fingerprint density at radius 1 is 1.08 bits per heavy atom. The van der Waals surface area contributed by atoms with Crippen molar-refractivity contribution in [2.24, 2.45) is 0 Å². The Labute approximate surface area is 218 Å². The number of hydrogen-bond donors (Lipinski definition) is 0. The van der Waals surface area contributed by atoms with E-state index in [1.807, 2.05) is 89.3 Å². The summed E-state index contributed by atoms with van der Waals surface area (Å²) in [6, 6.07) is 21.4. The average molecular weight is 511 g/mol. The number of nitrogens with zero attached hydrogens (tertiary/aromatic N) is 4. The van der Waals surface area contributed by atoms with Crippen molar-refractivity contribution in [1.29, 1.82) is 0 Å². The first kappa shape index (κ1) is 23.2. The van der Waals surface area contributed by atoms with E-state index in [0.717, 1.165) is 40.1 Å². The number of thiazole rings is 1. The standard InChI is InChI=1S/C29H26N4O3S/c1-2-35-20-12-13-23-26(18-20)37-29(31-23)33(16-7-15-32-17-14-30-19-32)28(34)27-21-8-3-5-10-24(21)36-25-11-6-4-9-22(25)27/h3-6,8-14,17-19,27H,2,7,15-16H2,1H3. The number of anilines is 1. The fourth-order valence-corrected chi connectivity index (χ4v) is 5.75. The lowest BCUT2D eigenvalue weighted by Gasteiger charge is -2.31. The van der Waals surface area contributed by atoms with E-state index in [2.05, 4.69) is 4.98 Å². The zero-order valence-corrected chi connectivity index (χ0v) is 21.2. The SMILES string of the molecule is CCOc1ccc2nc(N(CCCn3ccnc3)C(=O)C3c4ccccc4Oc4ccccc43)sc2c1. The fourth-order valence-electron chi connectivity index (χ4n) is 4.73. The third kappa shape index (κ3) is 4.56. The third-order valence-corrected chi connectivity index (χ3v) is 7.48. The van der Waals surface area contributed by atoms with Gasteiger partial charge in [0.05, 0.1) is 29.1 Å². The minimum atomic E-state index is -0.486. The van der Waals surface area contributed by atoms with Gasteiger partial charge >= 0.3 is 0 Å². The van der Waals surface area contributed by atoms with Crippen molar-refractivity contribution in [1.82, 2.24) is 14.5 Å². The van der Waals surface area contributed by atoms with Crippen LogP contribution in [0, 0.1) is 0 Å². The molecule has 0 N–H and O–H groups in total. The minimum Gasteiger partial charge on any atom is -0.494 e. The van der Waals surface area contributed by atoms with Crippen LogP contribution in [-0.4, -0.2) is 33.6 Å². The third-order valence-electron chi connectivity index (χ3n) is 6.44. The van der Waals surface area contributed by atoms with Crippen molar-refractivity contribution < 1.29 is 14.3 Å². The van der Waals surface area contributed by atoms with Gasteiger partial charge in [0.1, 0.15) is 17.2 Å². The summed E-state index contributed by atoms with van der Waals surface area (Å²) < 4.78 is 14.8. The van der Waals surface area contributed by atoms with Gasteiger partial charge in [0.2, 0.25) is 5.91 Å². The van der Waals surface area contributed by atoms with Crippen molar-refractivity contribution in [3.05, 3.63) is 96.6 Å². The summed E-state index contributed by atoms with van der Waals surface area (Å²) in [6.45, 7) is 3.84. The van der Waals surface area contributed by atoms with Crippen LogP contribution < -0.4 is 14.4 Å². The van der Waals surface area contributed by atoms with E-state index in [1.165, 1.54) is 11.3 Å². The predicted molar refractivity (Wildman–Crippen MR) is 145 cm³/mol. The van der Waals surface area contributed by atoms with Gasteiger partial charge in [-0.2, -0.15) is 0 Å². The first-order valence-corrected chi connectivity index (χ1v) is 13.2. The molecular formula is C29H26N4O3S. The number of amides is 1. The first-order chi connectivity index (χ1) is 18.2. The largest absolute Gasteiger partial charge is 0.494 e. The summed E-state index contributed by atoms with van der Waals surface area (Å²) in [5.74, 6) is 1.72. The number of benzene rings is 3. The Bertz CT molecular complexity index is 1500. The molecule has 0 fully saturated rings. The van der Waals surface area contributed by atoms with Crippen molar-refractivity contribution in [3.63, 3.8) is 0 Å². The maximum atomic E-state index is 14.5. The zero-order valence-electron chi connectivity index (χ0n) is 20.4. The molecule has 1 amide bonds. The molecule has 2 aromatic heterocycles. The van der Waals surface area contributed by atoms with E-state index in [4.69, 9.17) is 14.5 Å². The molecule has 3 heterocycles. The smallest absolute Gasteiger partial charge is 0.241 e. The molecular weight excluding hydrogens is 484 g/mol. The molecule has 0 spiro atoms. The summed E-state index contributed by atoms with van der Waals surface area (Å²) in [4.78, 5) is 25.3. The molecule has 0 aliphatic carbocycles. The van der Waals surface area contributed by atoms with Gasteiger partial charge in [-0.25, -0.2) is 9.97 Å². The molecule has 0 saturated carbocycles. The predicted octanol–water partition coefficient (Wildman–Crippen LogP) is 6.25. The monoisotopic (exact) mass is 510 g/mol. The molecule has 37 heavy (non-hydrogen) atoms. The maximum absolute atomic E-state index is 14.5. The Morgan fingerprint density at radius 2 is 1.84 bits per heavy atom. The fraction of sp³-hybridized carbons (Fsp3) is 0.207. The molecule has 1 aliphatic rings. The van der Waals surface area contributed by atoms with Gasteiger partial charge in [-0.1, -0.05) is 47.7 Å². The first-order valence-electron chi connectivity index (χ1n) is 12.4. The van der Waals surface area contributed by atoms with Crippen molar-refractivity contribution >= 4 is 32.6 Å². The Morgan fingerprint density at radius 3 is 2.54 bits per heavy atom. The lowest BCUT2D eigenvalue weighted by Crippen LogP contribution is -2.37. The van der Waals surface area contributed by atoms with Crippen LogP contribution in [0.2, 0.25) is 0 Å². The number of aryl methyl sites for hydroxylation is 1. The van der Waals surface area contributed by atoms with Crippen LogP contribution in [0.25, 0.3) is 10.2 Å². The zero-order chi connectivity index (χ0) is 25.2. The van der Waals surface area contributed by atoms with Crippen LogP contribution in [0.5, 0.6) is 17.2 Å². The summed E-state index contributed by atoms with van der Waals surface area (Å²) in [5, 5.41) is 0.681. The van der Waals surface area contributed by atoms with Crippen LogP contribution in [0.3, 0.4) is 0 Å². The van der Waals surface area contributed by atoms with Crippen molar-refractivity contribution in [2.75, 3.05) is 18.1 Å². The van der Waals surface area contributed by atoms with E-state index >= 15 is 0 Å². The highest BCUT2D eigenvalue weighted by molar-refractivity contribution is 7.22. The Balaban J connectivity index is 1.39. The number of para-hydroxylation sites is 2. The lowest BCUT2D eigenvalue weighted by atomic mass is 9.87. The molecule has 3 aromatic carbocycles. The second-order valence-electron chi connectivity index (χ2n) is 8.81. The van der Waals surface area contributed by atoms with Gasteiger partial charge in [-0.05, 0) is 43.7 Å². The number of hydrogen-bond acceptors (Lipinski definition) is 6. The number of carbonyl (C=O) groups excluding carboxylic acids is 1. The highest BCUT2D eigenvalue weighted by atomic mass is 32.1. The number of ether oxygens (including phenoxy) is 2. The van der Waals surface area contributed by atoms with Gasteiger partial charge < -0.3 is 14.0 Å². The Hall–Kier alpha value is -4.17. The van der Waals surface area contributed by atoms with E-state index in [1.54, 1.807) is 12.5 Å². The number of aromatic nitrogens is 3. The molecule has 6 rings (SSSR count). The average Bonchev–Trinajstić information content (AvgIpc) is 3.59. The summed E-state index contributed by atoms with van der Waals surface area (Å²) in [5.41, 5.74) is 2.58. The quantitative estimate of drug-likeness (QED) is 0.247. The van der Waals surface area contributed by atoms with E-state index < -0.39 is 5.92 Å². The van der Waals surface area contributed by atoms with Crippen molar-refractivity contribution in [2.45, 2.75) is 25.8 Å². The maximum Gasteiger partial charge on any atom is 0.241 e. The highest BCUT2D eigenvalue weighted by Crippen LogP contribution is 2.45. The van der Waals surface area contributed by atoms with Crippen molar-refractivity contribution in [3.8, 4) is 17.2 Å². The van der Waals surface area contributed by atoms with Crippen LogP contribution in [0.4, 0.5) is 5.13 Å². The molecule has 0 radical (unpaired) electrons. The van der Waals surface area contributed by atoms with Gasteiger partial charge in [0.25, 0.3) is 0 Å². The molecule has 0 atom stereocenters. The number of fused-ring (bicyclic) bond motifs is 3. The number of imidazole rings is 1. The molecule has 186 valence electrons. The molecule has 0 saturated heterocycles. The number of rotatable bonds is 8. The highest BCUT2D eigenvalue weighted by Gasteiger charge is 2.36. The second-order valence-corrected chi connectivity index (χ2v) is 9.82. The minimum absolute atomic E-state index is 0.0158. The van der Waals surface area contributed by atoms with Crippen LogP contribution >= 0.6 is 11.3 Å². The molecule has 1 aliphatic heterocycles. The summed E-state index contributed by atoms with van der Waals surface area (Å²) >= 11 is 1.51. The molecule has 8 heteroatoms. The van der Waals surface area contributed by atoms with Crippen LogP contribution in [0.15, 0.2) is 85.5 Å². The summed E-state index contributed by atoms with van der Waals surface area (Å²) in [7, 11) is 0. The molecule has 5 aromatic rings. The normalized spacial score (nSPS) is 12.6. The Kier molecular flexibility index (Phi) is 6.32. The molecule has 0 bridgehead atoms. The van der Waals surface area contributed by atoms with Crippen LogP contribution in [0.1, 0.15) is 30.4 Å². The summed E-state index contributed by atoms with van der Waals surface area (Å²) in [6.07, 6.45) is 6.26. The lowest BCUT2D eigenvalue weighted by molar-refractivity contribution is -0.119. The van der Waals surface area contributed by atoms with E-state index in [9.17, 15) is 4.79 Å². The van der Waals surface area contributed by atoms with E-state index in [0.29, 0.717) is 29.8 Å². The molecule has 7 nitrogen and oxygen atoms in total.